The molecule has 36 heavy (non-hydrogen) atoms. The number of benzene rings is 3. The summed E-state index contributed by atoms with van der Waals surface area (Å²) in [6, 6.07) is 19.9. The molecule has 6 heteroatoms. The number of fused-ring (bicyclic) bond motifs is 1. The first-order valence-corrected chi connectivity index (χ1v) is 12.5. The Labute approximate surface area is 218 Å². The fourth-order valence-corrected chi connectivity index (χ4v) is 4.85. The fourth-order valence-electron chi connectivity index (χ4n) is 4.05. The Morgan fingerprint density at radius 2 is 1.50 bits per heavy atom. The lowest BCUT2D eigenvalue weighted by Crippen LogP contribution is -2.23. The summed E-state index contributed by atoms with van der Waals surface area (Å²) in [7, 11) is 0. The number of hydrogen-bond acceptors (Lipinski definition) is 6. The molecule has 0 amide bonds. The van der Waals surface area contributed by atoms with Gasteiger partial charge in [-0.1, -0.05) is 30.3 Å². The van der Waals surface area contributed by atoms with Crippen LogP contribution in [0.1, 0.15) is 46.7 Å². The van der Waals surface area contributed by atoms with Crippen LogP contribution in [0.5, 0.6) is 0 Å². The zero-order valence-electron chi connectivity index (χ0n) is 22.1. The predicted molar refractivity (Wildman–Crippen MR) is 154 cm³/mol. The number of anilines is 1. The van der Waals surface area contributed by atoms with E-state index in [0.29, 0.717) is 0 Å². The average Bonchev–Trinajstić information content (AvgIpc) is 3.24. The highest BCUT2D eigenvalue weighted by atomic mass is 32.1. The van der Waals surface area contributed by atoms with Crippen LogP contribution in [0.3, 0.4) is 0 Å². The highest BCUT2D eigenvalue weighted by Crippen LogP contribution is 2.29. The largest absolute Gasteiger partial charge is 0.363 e. The maximum atomic E-state index is 8.00. The quantitative estimate of drug-likeness (QED) is 0.257. The van der Waals surface area contributed by atoms with Crippen molar-refractivity contribution >= 4 is 52.2 Å². The maximum Gasteiger partial charge on any atom is 0.106 e. The molecule has 0 aliphatic carbocycles. The number of hydrogen-bond donors (Lipinski definition) is 0. The number of aromatic nitrogens is 1. The van der Waals surface area contributed by atoms with Crippen LogP contribution >= 0.6 is 11.3 Å². The second-order valence-corrected chi connectivity index (χ2v) is 10.0. The summed E-state index contributed by atoms with van der Waals surface area (Å²) in [6.45, 7) is 18.3. The van der Waals surface area contributed by atoms with E-state index in [9.17, 15) is 0 Å². The van der Waals surface area contributed by atoms with Crippen LogP contribution in [-0.2, 0) is 22.7 Å². The smallest absolute Gasteiger partial charge is 0.106 e. The molecule has 0 atom stereocenters. The van der Waals surface area contributed by atoms with Crippen molar-refractivity contribution in [3.8, 4) is 0 Å². The van der Waals surface area contributed by atoms with Crippen molar-refractivity contribution in [2.75, 3.05) is 4.90 Å². The number of nitrogens with zero attached hydrogens (tertiary/aromatic N) is 3. The zero-order valence-corrected chi connectivity index (χ0v) is 22.9. The first-order chi connectivity index (χ1) is 17.3. The molecule has 0 spiro atoms. The maximum absolute atomic E-state index is 8.00. The highest BCUT2D eigenvalue weighted by molar-refractivity contribution is 7.18. The summed E-state index contributed by atoms with van der Waals surface area (Å²) in [5.41, 5.74) is 10.9. The van der Waals surface area contributed by atoms with Crippen LogP contribution in [0.4, 0.5) is 11.4 Å². The molecule has 0 saturated heterocycles. The van der Waals surface area contributed by atoms with E-state index >= 15 is 0 Å². The summed E-state index contributed by atoms with van der Waals surface area (Å²) in [5, 5.41) is 1.11. The Morgan fingerprint density at radius 1 is 0.861 bits per heavy atom. The van der Waals surface area contributed by atoms with Gasteiger partial charge in [0.25, 0.3) is 0 Å². The molecular formula is C30H35N3O2S. The minimum Gasteiger partial charge on any atom is -0.363 e. The molecule has 4 rings (SSSR count). The van der Waals surface area contributed by atoms with Gasteiger partial charge < -0.3 is 14.5 Å². The third-order valence-electron chi connectivity index (χ3n) is 5.84. The molecule has 0 N–H and O–H groups in total. The van der Waals surface area contributed by atoms with Crippen molar-refractivity contribution < 1.29 is 9.59 Å². The van der Waals surface area contributed by atoms with Crippen molar-refractivity contribution in [2.24, 2.45) is 4.99 Å². The topological polar surface area (TPSA) is 62.6 Å². The minimum absolute atomic E-state index is 0.823. The van der Waals surface area contributed by atoms with Crippen LogP contribution in [0, 0.1) is 27.7 Å². The predicted octanol–water partition coefficient (Wildman–Crippen LogP) is 7.48. The van der Waals surface area contributed by atoms with E-state index in [1.165, 1.54) is 38.2 Å². The van der Waals surface area contributed by atoms with E-state index in [4.69, 9.17) is 19.6 Å². The second-order valence-electron chi connectivity index (χ2n) is 8.79. The van der Waals surface area contributed by atoms with Crippen molar-refractivity contribution in [1.82, 2.24) is 4.98 Å². The molecule has 4 aromatic rings. The number of carbonyl (C=O) groups is 2. The Hall–Kier alpha value is -3.64. The van der Waals surface area contributed by atoms with E-state index in [0.717, 1.165) is 35.0 Å². The van der Waals surface area contributed by atoms with Gasteiger partial charge in [0.15, 0.2) is 0 Å². The summed E-state index contributed by atoms with van der Waals surface area (Å²) in [6.07, 6.45) is 0. The van der Waals surface area contributed by atoms with E-state index in [2.05, 4.69) is 87.2 Å². The van der Waals surface area contributed by atoms with Crippen LogP contribution in [0.2, 0.25) is 0 Å². The summed E-state index contributed by atoms with van der Waals surface area (Å²) < 4.78 is 1.25. The SMILES string of the molecule is C=O.C=O.CC(C)=Nc1cc(CN(Cc2ccc3sc(C)nc3c2)c2cccc(C)c2C)ccc1C. The van der Waals surface area contributed by atoms with Crippen LogP contribution in [0.25, 0.3) is 10.2 Å². The van der Waals surface area contributed by atoms with E-state index in [1.807, 2.05) is 27.4 Å². The molecule has 3 aromatic carbocycles. The van der Waals surface area contributed by atoms with Crippen molar-refractivity contribution in [3.63, 3.8) is 0 Å². The van der Waals surface area contributed by atoms with Crippen LogP contribution < -0.4 is 4.90 Å². The average molecular weight is 502 g/mol. The third-order valence-corrected chi connectivity index (χ3v) is 6.79. The molecule has 1 aromatic heterocycles. The lowest BCUT2D eigenvalue weighted by Gasteiger charge is -2.28. The molecule has 0 radical (unpaired) electrons. The molecule has 0 saturated carbocycles. The highest BCUT2D eigenvalue weighted by Gasteiger charge is 2.14. The van der Waals surface area contributed by atoms with Gasteiger partial charge in [-0.2, -0.15) is 0 Å². The second kappa shape index (κ2) is 13.4. The van der Waals surface area contributed by atoms with Gasteiger partial charge in [-0.15, -0.1) is 11.3 Å². The molecule has 5 nitrogen and oxygen atoms in total. The third kappa shape index (κ3) is 7.18. The van der Waals surface area contributed by atoms with Gasteiger partial charge in [0.05, 0.1) is 20.9 Å². The lowest BCUT2D eigenvalue weighted by atomic mass is 10.0. The molecule has 0 aliphatic rings. The zero-order chi connectivity index (χ0) is 26.8. The minimum atomic E-state index is 0.823. The van der Waals surface area contributed by atoms with Gasteiger partial charge in [0.2, 0.25) is 0 Å². The molecule has 0 unspecified atom stereocenters. The Bertz CT molecular complexity index is 1340. The van der Waals surface area contributed by atoms with Crippen molar-refractivity contribution in [1.29, 1.82) is 0 Å². The van der Waals surface area contributed by atoms with Gasteiger partial charge in [0, 0.05) is 24.5 Å². The van der Waals surface area contributed by atoms with Gasteiger partial charge in [-0.25, -0.2) is 4.98 Å². The van der Waals surface area contributed by atoms with E-state index in [1.54, 1.807) is 11.3 Å². The molecule has 1 heterocycles. The first-order valence-electron chi connectivity index (χ1n) is 11.7. The van der Waals surface area contributed by atoms with Crippen molar-refractivity contribution in [2.45, 2.75) is 54.6 Å². The van der Waals surface area contributed by atoms with Crippen molar-refractivity contribution in [3.05, 3.63) is 87.4 Å². The Kier molecular flexibility index (Phi) is 10.7. The summed E-state index contributed by atoms with van der Waals surface area (Å²) in [4.78, 5) is 27.9. The number of aryl methyl sites for hydroxylation is 3. The number of thiazole rings is 1. The van der Waals surface area contributed by atoms with Gasteiger partial charge in [-0.3, -0.25) is 4.99 Å². The molecule has 0 aliphatic heterocycles. The number of aliphatic imine (C=N–C) groups is 1. The molecular weight excluding hydrogens is 466 g/mol. The molecule has 0 fully saturated rings. The Morgan fingerprint density at radius 3 is 2.17 bits per heavy atom. The Balaban J connectivity index is 0.00000109. The first kappa shape index (κ1) is 28.6. The monoisotopic (exact) mass is 501 g/mol. The summed E-state index contributed by atoms with van der Waals surface area (Å²) >= 11 is 1.75. The van der Waals surface area contributed by atoms with Crippen LogP contribution in [0.15, 0.2) is 59.6 Å². The normalized spacial score (nSPS) is 10.1. The van der Waals surface area contributed by atoms with E-state index < -0.39 is 0 Å². The van der Waals surface area contributed by atoms with Gasteiger partial charge >= 0.3 is 0 Å². The lowest BCUT2D eigenvalue weighted by molar-refractivity contribution is -0.0987. The molecule has 0 bridgehead atoms. The van der Waals surface area contributed by atoms with E-state index in [-0.39, 0.29) is 0 Å². The van der Waals surface area contributed by atoms with Crippen LogP contribution in [-0.4, -0.2) is 24.3 Å². The number of carbonyl (C=O) groups excluding carboxylic acids is 2. The number of rotatable bonds is 6. The van der Waals surface area contributed by atoms with Gasteiger partial charge in [-0.05, 0) is 93.6 Å². The summed E-state index contributed by atoms with van der Waals surface area (Å²) in [5.74, 6) is 0. The standard InChI is InChI=1S/C28H31N3S.2CH2O/c1-18(2)29-25-14-23(11-10-20(25)4)16-31(27-9-7-8-19(3)21(27)5)17-24-12-13-28-26(15-24)30-22(6)32-28;2*1-2/h7-15H,16-17H2,1-6H3;2*1H2. The molecule has 188 valence electrons. The van der Waals surface area contributed by atoms with Gasteiger partial charge in [0.1, 0.15) is 13.6 Å². The fraction of sp³-hybridized carbons (Fsp3) is 0.267.